The zero-order valence-electron chi connectivity index (χ0n) is 13.3. The first-order chi connectivity index (χ1) is 10.2. The lowest BCUT2D eigenvalue weighted by atomic mass is 10.1. The summed E-state index contributed by atoms with van der Waals surface area (Å²) in [4.78, 5) is 23.2. The van der Waals surface area contributed by atoms with E-state index in [2.05, 4.69) is 5.32 Å². The standard InChI is InChI=1S/C15H23NO6/c1-15(2,3)21-8-7-11(14(18)19)16-13(17)12-6-5-10(22-12)9-20-4/h5-6,11H,7-9H2,1-4H3,(H,16,17)(H,18,19). The van der Waals surface area contributed by atoms with Gasteiger partial charge in [-0.25, -0.2) is 4.79 Å². The van der Waals surface area contributed by atoms with Crippen LogP contribution in [0.15, 0.2) is 16.5 Å². The Morgan fingerprint density at radius 1 is 1.36 bits per heavy atom. The van der Waals surface area contributed by atoms with E-state index in [1.807, 2.05) is 20.8 Å². The van der Waals surface area contributed by atoms with Gasteiger partial charge < -0.3 is 24.3 Å². The highest BCUT2D eigenvalue weighted by atomic mass is 16.5. The molecule has 1 rings (SSSR count). The van der Waals surface area contributed by atoms with Crippen molar-refractivity contribution in [1.29, 1.82) is 0 Å². The first kappa shape index (κ1) is 18.2. The van der Waals surface area contributed by atoms with E-state index in [1.165, 1.54) is 13.2 Å². The van der Waals surface area contributed by atoms with Crippen LogP contribution in [0.2, 0.25) is 0 Å². The van der Waals surface area contributed by atoms with Gasteiger partial charge >= 0.3 is 5.97 Å². The van der Waals surface area contributed by atoms with Crippen LogP contribution in [-0.2, 0) is 20.9 Å². The van der Waals surface area contributed by atoms with Gasteiger partial charge in [0.25, 0.3) is 5.91 Å². The third-order valence-corrected chi connectivity index (χ3v) is 2.72. The number of furan rings is 1. The summed E-state index contributed by atoms with van der Waals surface area (Å²) in [5, 5.41) is 11.6. The summed E-state index contributed by atoms with van der Waals surface area (Å²) in [6.07, 6.45) is 0.171. The lowest BCUT2D eigenvalue weighted by Crippen LogP contribution is -2.41. The van der Waals surface area contributed by atoms with E-state index in [-0.39, 0.29) is 31.0 Å². The molecule has 0 bridgehead atoms. The number of carbonyl (C=O) groups excluding carboxylic acids is 1. The predicted molar refractivity (Wildman–Crippen MR) is 78.6 cm³/mol. The van der Waals surface area contributed by atoms with Crippen LogP contribution in [0, 0.1) is 0 Å². The fourth-order valence-electron chi connectivity index (χ4n) is 1.69. The van der Waals surface area contributed by atoms with Gasteiger partial charge in [-0.1, -0.05) is 0 Å². The van der Waals surface area contributed by atoms with Gasteiger partial charge in [0, 0.05) is 20.1 Å². The highest BCUT2D eigenvalue weighted by molar-refractivity contribution is 5.94. The van der Waals surface area contributed by atoms with Gasteiger partial charge in [0.05, 0.1) is 5.60 Å². The highest BCUT2D eigenvalue weighted by Gasteiger charge is 2.23. The molecule has 0 saturated heterocycles. The summed E-state index contributed by atoms with van der Waals surface area (Å²) in [7, 11) is 1.51. The first-order valence-electron chi connectivity index (χ1n) is 6.98. The number of carboxylic acids is 1. The Labute approximate surface area is 129 Å². The number of nitrogens with one attached hydrogen (secondary N) is 1. The van der Waals surface area contributed by atoms with Crippen LogP contribution in [0.4, 0.5) is 0 Å². The second-order valence-corrected chi connectivity index (χ2v) is 5.81. The van der Waals surface area contributed by atoms with E-state index in [0.29, 0.717) is 5.76 Å². The number of carbonyl (C=O) groups is 2. The number of amides is 1. The number of hydrogen-bond acceptors (Lipinski definition) is 5. The van der Waals surface area contributed by atoms with Gasteiger partial charge in [0.2, 0.25) is 0 Å². The maximum atomic E-state index is 12.0. The maximum absolute atomic E-state index is 12.0. The molecule has 0 aliphatic heterocycles. The molecular weight excluding hydrogens is 290 g/mol. The summed E-state index contributed by atoms with van der Waals surface area (Å²) in [6.45, 7) is 6.10. The lowest BCUT2D eigenvalue weighted by molar-refractivity contribution is -0.140. The molecule has 0 fully saturated rings. The van der Waals surface area contributed by atoms with Crippen LogP contribution in [-0.4, -0.2) is 42.3 Å². The van der Waals surface area contributed by atoms with Crippen LogP contribution >= 0.6 is 0 Å². The normalized spacial score (nSPS) is 12.9. The van der Waals surface area contributed by atoms with E-state index < -0.39 is 17.9 Å². The number of methoxy groups -OCH3 is 1. The molecule has 0 aliphatic rings. The molecule has 2 N–H and O–H groups in total. The molecule has 0 radical (unpaired) electrons. The molecule has 0 aromatic carbocycles. The largest absolute Gasteiger partial charge is 0.480 e. The van der Waals surface area contributed by atoms with Crippen molar-refractivity contribution in [3.8, 4) is 0 Å². The summed E-state index contributed by atoms with van der Waals surface area (Å²) < 4.78 is 15.6. The molecular formula is C15H23NO6. The minimum atomic E-state index is -1.12. The van der Waals surface area contributed by atoms with E-state index in [0.717, 1.165) is 0 Å². The quantitative estimate of drug-likeness (QED) is 0.759. The minimum absolute atomic E-state index is 0.0510. The van der Waals surface area contributed by atoms with Gasteiger partial charge in [-0.2, -0.15) is 0 Å². The Morgan fingerprint density at radius 3 is 2.59 bits per heavy atom. The molecule has 0 aliphatic carbocycles. The SMILES string of the molecule is COCc1ccc(C(=O)NC(CCOC(C)(C)C)C(=O)O)o1. The molecule has 1 amide bonds. The molecule has 7 heteroatoms. The van der Waals surface area contributed by atoms with Crippen molar-refractivity contribution in [3.63, 3.8) is 0 Å². The molecule has 0 saturated carbocycles. The topological polar surface area (TPSA) is 98.0 Å². The second kappa shape index (κ2) is 7.95. The fraction of sp³-hybridized carbons (Fsp3) is 0.600. The van der Waals surface area contributed by atoms with Crippen molar-refractivity contribution in [1.82, 2.24) is 5.32 Å². The third-order valence-electron chi connectivity index (χ3n) is 2.72. The maximum Gasteiger partial charge on any atom is 0.326 e. The molecule has 124 valence electrons. The number of aliphatic carboxylic acids is 1. The number of hydrogen-bond donors (Lipinski definition) is 2. The van der Waals surface area contributed by atoms with Gasteiger partial charge in [-0.05, 0) is 32.9 Å². The summed E-state index contributed by atoms with van der Waals surface area (Å²) in [5.74, 6) is -1.15. The van der Waals surface area contributed by atoms with Crippen molar-refractivity contribution in [2.24, 2.45) is 0 Å². The smallest absolute Gasteiger partial charge is 0.326 e. The van der Waals surface area contributed by atoms with E-state index in [4.69, 9.17) is 19.0 Å². The zero-order chi connectivity index (χ0) is 16.8. The number of carboxylic acid groups (broad SMARTS) is 1. The summed E-state index contributed by atoms with van der Waals surface area (Å²) in [6, 6.07) is 2.05. The predicted octanol–water partition coefficient (Wildman–Crippen LogP) is 1.81. The molecule has 7 nitrogen and oxygen atoms in total. The molecule has 1 heterocycles. The van der Waals surface area contributed by atoms with Crippen LogP contribution in [0.25, 0.3) is 0 Å². The Kier molecular flexibility index (Phi) is 6.58. The van der Waals surface area contributed by atoms with Crippen LogP contribution in [0.5, 0.6) is 0 Å². The summed E-state index contributed by atoms with van der Waals surface area (Å²) in [5.41, 5.74) is -0.358. The van der Waals surface area contributed by atoms with Crippen molar-refractivity contribution in [2.75, 3.05) is 13.7 Å². The molecule has 22 heavy (non-hydrogen) atoms. The fourth-order valence-corrected chi connectivity index (χ4v) is 1.69. The van der Waals surface area contributed by atoms with E-state index >= 15 is 0 Å². The van der Waals surface area contributed by atoms with Gasteiger partial charge in [0.1, 0.15) is 18.4 Å². The number of rotatable bonds is 8. The van der Waals surface area contributed by atoms with E-state index in [1.54, 1.807) is 6.07 Å². The second-order valence-electron chi connectivity index (χ2n) is 5.81. The molecule has 1 unspecified atom stereocenters. The molecule has 1 atom stereocenters. The minimum Gasteiger partial charge on any atom is -0.480 e. The average Bonchev–Trinajstić information content (AvgIpc) is 2.85. The van der Waals surface area contributed by atoms with Gasteiger partial charge in [-0.15, -0.1) is 0 Å². The van der Waals surface area contributed by atoms with Crippen molar-refractivity contribution >= 4 is 11.9 Å². The molecule has 0 spiro atoms. The van der Waals surface area contributed by atoms with Crippen molar-refractivity contribution < 1.29 is 28.6 Å². The van der Waals surface area contributed by atoms with Crippen molar-refractivity contribution in [2.45, 2.75) is 45.4 Å². The first-order valence-corrected chi connectivity index (χ1v) is 6.98. The lowest BCUT2D eigenvalue weighted by Gasteiger charge is -2.21. The van der Waals surface area contributed by atoms with E-state index in [9.17, 15) is 9.59 Å². The van der Waals surface area contributed by atoms with Crippen LogP contribution in [0.1, 0.15) is 43.5 Å². The Morgan fingerprint density at radius 2 is 2.05 bits per heavy atom. The molecule has 1 aromatic rings. The molecule has 1 aromatic heterocycles. The van der Waals surface area contributed by atoms with Crippen molar-refractivity contribution in [3.05, 3.63) is 23.7 Å². The summed E-state index contributed by atoms with van der Waals surface area (Å²) >= 11 is 0. The zero-order valence-corrected chi connectivity index (χ0v) is 13.3. The van der Waals surface area contributed by atoms with Gasteiger partial charge in [0.15, 0.2) is 5.76 Å². The third kappa shape index (κ3) is 6.28. The highest BCUT2D eigenvalue weighted by Crippen LogP contribution is 2.11. The Bertz CT molecular complexity index is 502. The van der Waals surface area contributed by atoms with Gasteiger partial charge in [-0.3, -0.25) is 4.79 Å². The monoisotopic (exact) mass is 313 g/mol. The Hall–Kier alpha value is -1.86. The van der Waals surface area contributed by atoms with Crippen LogP contribution < -0.4 is 5.32 Å². The number of ether oxygens (including phenoxy) is 2. The Balaban J connectivity index is 2.58. The average molecular weight is 313 g/mol. The van der Waals surface area contributed by atoms with Crippen LogP contribution in [0.3, 0.4) is 0 Å².